The van der Waals surface area contributed by atoms with Gasteiger partial charge in [-0.3, -0.25) is 4.79 Å². The van der Waals surface area contributed by atoms with Gasteiger partial charge in [0.2, 0.25) is 5.91 Å². The van der Waals surface area contributed by atoms with Gasteiger partial charge in [-0.1, -0.05) is 24.3 Å². The smallest absolute Gasteiger partial charge is 0.236 e. The van der Waals surface area contributed by atoms with E-state index in [9.17, 15) is 9.18 Å². The van der Waals surface area contributed by atoms with Crippen LogP contribution in [-0.2, 0) is 11.2 Å². The van der Waals surface area contributed by atoms with Crippen LogP contribution in [0.4, 0.5) is 10.2 Å². The van der Waals surface area contributed by atoms with Gasteiger partial charge in [-0.25, -0.2) is 9.37 Å². The molecule has 1 N–H and O–H groups in total. The molecule has 1 aromatic carbocycles. The van der Waals surface area contributed by atoms with E-state index in [-0.39, 0.29) is 18.3 Å². The first-order chi connectivity index (χ1) is 12.2. The predicted molar refractivity (Wildman–Crippen MR) is 96.0 cm³/mol. The number of carbonyl (C=O) groups excluding carboxylic acids is 1. The van der Waals surface area contributed by atoms with Crippen LogP contribution >= 0.6 is 0 Å². The van der Waals surface area contributed by atoms with Crippen LogP contribution in [0.5, 0.6) is 0 Å². The van der Waals surface area contributed by atoms with E-state index in [2.05, 4.69) is 15.2 Å². The second-order valence-electron chi connectivity index (χ2n) is 6.07. The molecule has 5 nitrogen and oxygen atoms in total. The Morgan fingerprint density at radius 1 is 1.08 bits per heavy atom. The third-order valence-corrected chi connectivity index (χ3v) is 4.41. The van der Waals surface area contributed by atoms with E-state index in [4.69, 9.17) is 0 Å². The maximum Gasteiger partial charge on any atom is 0.236 e. The summed E-state index contributed by atoms with van der Waals surface area (Å²) in [6.07, 6.45) is 2.36. The molecule has 3 rings (SSSR count). The standard InChI is InChI=1S/C19H23FN4O/c20-17-6-2-1-5-16(17)8-10-21-15-19(25)24-13-11-23(12-14-24)18-7-3-4-9-22-18/h1-7,9,21H,8,10-15H2. The maximum absolute atomic E-state index is 13.5. The Labute approximate surface area is 147 Å². The van der Waals surface area contributed by atoms with Gasteiger partial charge in [0.25, 0.3) is 0 Å². The number of hydrogen-bond acceptors (Lipinski definition) is 4. The molecule has 0 spiro atoms. The van der Waals surface area contributed by atoms with Crippen LogP contribution in [0.2, 0.25) is 0 Å². The minimum Gasteiger partial charge on any atom is -0.353 e. The molecule has 0 radical (unpaired) electrons. The zero-order valence-electron chi connectivity index (χ0n) is 14.2. The molecule has 0 unspecified atom stereocenters. The molecule has 1 aliphatic heterocycles. The molecule has 1 aliphatic rings. The van der Waals surface area contributed by atoms with Gasteiger partial charge in [0.15, 0.2) is 0 Å². The molecular formula is C19H23FN4O. The van der Waals surface area contributed by atoms with Crippen molar-refractivity contribution in [2.45, 2.75) is 6.42 Å². The quantitative estimate of drug-likeness (QED) is 0.812. The van der Waals surface area contributed by atoms with Crippen LogP contribution < -0.4 is 10.2 Å². The largest absolute Gasteiger partial charge is 0.353 e. The fraction of sp³-hybridized carbons (Fsp3) is 0.368. The Bertz CT molecular complexity index is 687. The Hall–Kier alpha value is -2.47. The lowest BCUT2D eigenvalue weighted by molar-refractivity contribution is -0.130. The number of amides is 1. The number of anilines is 1. The lowest BCUT2D eigenvalue weighted by Gasteiger charge is -2.35. The van der Waals surface area contributed by atoms with E-state index in [0.717, 1.165) is 18.9 Å². The third kappa shape index (κ3) is 4.76. The zero-order valence-corrected chi connectivity index (χ0v) is 14.2. The van der Waals surface area contributed by atoms with Gasteiger partial charge in [0.1, 0.15) is 11.6 Å². The van der Waals surface area contributed by atoms with Crippen molar-refractivity contribution in [1.82, 2.24) is 15.2 Å². The van der Waals surface area contributed by atoms with Crippen LogP contribution in [0, 0.1) is 5.82 Å². The average Bonchev–Trinajstić information content (AvgIpc) is 2.67. The molecule has 1 aromatic heterocycles. The number of piperazine rings is 1. The number of carbonyl (C=O) groups is 1. The fourth-order valence-electron chi connectivity index (χ4n) is 2.96. The summed E-state index contributed by atoms with van der Waals surface area (Å²) in [6, 6.07) is 12.6. The Balaban J connectivity index is 1.37. The van der Waals surface area contributed by atoms with Crippen LogP contribution in [0.25, 0.3) is 0 Å². The SMILES string of the molecule is O=C(CNCCc1ccccc1F)N1CCN(c2ccccn2)CC1. The lowest BCUT2D eigenvalue weighted by atomic mass is 10.1. The van der Waals surface area contributed by atoms with E-state index < -0.39 is 0 Å². The summed E-state index contributed by atoms with van der Waals surface area (Å²) in [6.45, 7) is 3.85. The second kappa shape index (κ2) is 8.58. The van der Waals surface area contributed by atoms with E-state index in [1.165, 1.54) is 6.07 Å². The molecule has 2 aromatic rings. The first kappa shape index (κ1) is 17.4. The minimum atomic E-state index is -0.193. The number of rotatable bonds is 6. The van der Waals surface area contributed by atoms with Gasteiger partial charge in [-0.2, -0.15) is 0 Å². The van der Waals surface area contributed by atoms with Gasteiger partial charge >= 0.3 is 0 Å². The monoisotopic (exact) mass is 342 g/mol. The summed E-state index contributed by atoms with van der Waals surface area (Å²) >= 11 is 0. The van der Waals surface area contributed by atoms with Crippen molar-refractivity contribution in [1.29, 1.82) is 0 Å². The van der Waals surface area contributed by atoms with E-state index in [1.807, 2.05) is 29.2 Å². The Kier molecular flexibility index (Phi) is 5.95. The average molecular weight is 342 g/mol. The lowest BCUT2D eigenvalue weighted by Crippen LogP contribution is -2.51. The molecule has 1 saturated heterocycles. The minimum absolute atomic E-state index is 0.0919. The number of nitrogens with zero attached hydrogens (tertiary/aromatic N) is 3. The van der Waals surface area contributed by atoms with E-state index in [0.29, 0.717) is 31.6 Å². The number of hydrogen-bond donors (Lipinski definition) is 1. The van der Waals surface area contributed by atoms with Crippen molar-refractivity contribution in [3.05, 3.63) is 60.0 Å². The molecule has 0 atom stereocenters. The molecule has 132 valence electrons. The van der Waals surface area contributed by atoms with E-state index in [1.54, 1.807) is 18.3 Å². The highest BCUT2D eigenvalue weighted by Crippen LogP contribution is 2.12. The summed E-state index contributed by atoms with van der Waals surface area (Å²) in [7, 11) is 0. The van der Waals surface area contributed by atoms with Crippen molar-refractivity contribution in [3.8, 4) is 0 Å². The van der Waals surface area contributed by atoms with Crippen molar-refractivity contribution >= 4 is 11.7 Å². The molecule has 1 amide bonds. The van der Waals surface area contributed by atoms with Crippen LogP contribution in [0.3, 0.4) is 0 Å². The number of benzene rings is 1. The highest BCUT2D eigenvalue weighted by molar-refractivity contribution is 5.78. The fourth-order valence-corrected chi connectivity index (χ4v) is 2.96. The number of aromatic nitrogens is 1. The van der Waals surface area contributed by atoms with Crippen molar-refractivity contribution in [2.75, 3.05) is 44.2 Å². The number of pyridine rings is 1. The van der Waals surface area contributed by atoms with Crippen molar-refractivity contribution in [2.24, 2.45) is 0 Å². The van der Waals surface area contributed by atoms with Gasteiger partial charge < -0.3 is 15.1 Å². The van der Waals surface area contributed by atoms with Gasteiger partial charge in [0.05, 0.1) is 6.54 Å². The van der Waals surface area contributed by atoms with Crippen LogP contribution in [0.1, 0.15) is 5.56 Å². The molecule has 25 heavy (non-hydrogen) atoms. The highest BCUT2D eigenvalue weighted by Gasteiger charge is 2.21. The molecule has 1 fully saturated rings. The van der Waals surface area contributed by atoms with Gasteiger partial charge in [-0.15, -0.1) is 0 Å². The van der Waals surface area contributed by atoms with E-state index >= 15 is 0 Å². The Morgan fingerprint density at radius 2 is 1.84 bits per heavy atom. The summed E-state index contributed by atoms with van der Waals surface area (Å²) in [5.41, 5.74) is 0.673. The summed E-state index contributed by atoms with van der Waals surface area (Å²) in [4.78, 5) is 20.7. The van der Waals surface area contributed by atoms with Crippen LogP contribution in [-0.4, -0.2) is 55.1 Å². The molecule has 0 saturated carbocycles. The maximum atomic E-state index is 13.5. The normalized spacial score (nSPS) is 14.6. The van der Waals surface area contributed by atoms with Gasteiger partial charge in [-0.05, 0) is 36.7 Å². The molecule has 0 aliphatic carbocycles. The predicted octanol–water partition coefficient (Wildman–Crippen LogP) is 1.70. The van der Waals surface area contributed by atoms with Gasteiger partial charge in [0, 0.05) is 32.4 Å². The summed E-state index contributed by atoms with van der Waals surface area (Å²) in [5, 5.41) is 3.12. The third-order valence-electron chi connectivity index (χ3n) is 4.41. The Morgan fingerprint density at radius 3 is 2.56 bits per heavy atom. The number of nitrogens with one attached hydrogen (secondary N) is 1. The number of halogens is 1. The summed E-state index contributed by atoms with van der Waals surface area (Å²) < 4.78 is 13.5. The molecule has 6 heteroatoms. The summed E-state index contributed by atoms with van der Waals surface area (Å²) in [5.74, 6) is 0.855. The highest BCUT2D eigenvalue weighted by atomic mass is 19.1. The molecular weight excluding hydrogens is 319 g/mol. The second-order valence-corrected chi connectivity index (χ2v) is 6.07. The molecule has 2 heterocycles. The van der Waals surface area contributed by atoms with Crippen molar-refractivity contribution < 1.29 is 9.18 Å². The first-order valence-electron chi connectivity index (χ1n) is 8.62. The van der Waals surface area contributed by atoms with Crippen molar-refractivity contribution in [3.63, 3.8) is 0 Å². The zero-order chi connectivity index (χ0) is 17.5. The van der Waals surface area contributed by atoms with Crippen LogP contribution in [0.15, 0.2) is 48.7 Å². The molecule has 0 bridgehead atoms. The first-order valence-corrected chi connectivity index (χ1v) is 8.62. The topological polar surface area (TPSA) is 48.5 Å².